The van der Waals surface area contributed by atoms with Gasteiger partial charge < -0.3 is 15.2 Å². The van der Waals surface area contributed by atoms with Gasteiger partial charge in [-0.05, 0) is 33.0 Å². The van der Waals surface area contributed by atoms with Crippen LogP contribution in [-0.4, -0.2) is 30.3 Å². The van der Waals surface area contributed by atoms with Gasteiger partial charge in [-0.25, -0.2) is 0 Å². The van der Waals surface area contributed by atoms with Gasteiger partial charge in [0, 0.05) is 13.2 Å². The summed E-state index contributed by atoms with van der Waals surface area (Å²) in [7, 11) is 0. The molecule has 0 amide bonds. The maximum atomic E-state index is 5.30. The fraction of sp³-hybridized carbons (Fsp3) is 0.750. The Morgan fingerprint density at radius 2 is 1.93 bits per heavy atom. The van der Waals surface area contributed by atoms with Gasteiger partial charge in [-0.3, -0.25) is 5.43 Å². The summed E-state index contributed by atoms with van der Waals surface area (Å²) < 4.78 is 10.6. The van der Waals surface area contributed by atoms with Crippen molar-refractivity contribution in [2.45, 2.75) is 27.1 Å². The zero-order valence-corrected chi connectivity index (χ0v) is 9.56. The highest BCUT2D eigenvalue weighted by molar-refractivity contribution is 7.80. The predicted molar refractivity (Wildman–Crippen MR) is 60.1 cm³/mol. The lowest BCUT2D eigenvalue weighted by atomic mass is 10.4. The molecule has 5 nitrogen and oxygen atoms in total. The fourth-order valence-electron chi connectivity index (χ4n) is 0.788. The average molecular weight is 219 g/mol. The van der Waals surface area contributed by atoms with Gasteiger partial charge in [-0.1, -0.05) is 0 Å². The molecule has 82 valence electrons. The molecule has 0 aromatic carbocycles. The van der Waals surface area contributed by atoms with E-state index in [2.05, 4.69) is 22.7 Å². The number of ether oxygens (including phenoxy) is 2. The molecule has 14 heavy (non-hydrogen) atoms. The highest BCUT2D eigenvalue weighted by Crippen LogP contribution is 1.97. The van der Waals surface area contributed by atoms with Crippen molar-refractivity contribution in [1.29, 1.82) is 0 Å². The van der Waals surface area contributed by atoms with Crippen molar-refractivity contribution in [3.63, 3.8) is 0 Å². The molecule has 0 saturated carbocycles. The van der Waals surface area contributed by atoms with Gasteiger partial charge in [0.05, 0.1) is 5.71 Å². The van der Waals surface area contributed by atoms with E-state index in [1.807, 2.05) is 13.8 Å². The van der Waals surface area contributed by atoms with E-state index in [9.17, 15) is 0 Å². The number of nitrogens with two attached hydrogens (primary N) is 1. The quantitative estimate of drug-likeness (QED) is 0.296. The summed E-state index contributed by atoms with van der Waals surface area (Å²) in [6, 6.07) is 0. The molecule has 3 N–H and O–H groups in total. The molecule has 0 aromatic rings. The van der Waals surface area contributed by atoms with Crippen LogP contribution < -0.4 is 11.2 Å². The molecular weight excluding hydrogens is 202 g/mol. The fourth-order valence-corrected chi connectivity index (χ4v) is 0.834. The van der Waals surface area contributed by atoms with Crippen LogP contribution in [0.5, 0.6) is 0 Å². The highest BCUT2D eigenvalue weighted by Gasteiger charge is 2.11. The van der Waals surface area contributed by atoms with Crippen molar-refractivity contribution in [3.05, 3.63) is 0 Å². The van der Waals surface area contributed by atoms with Crippen LogP contribution in [0.1, 0.15) is 20.8 Å². The molecule has 6 heteroatoms. The Morgan fingerprint density at radius 3 is 2.29 bits per heavy atom. The van der Waals surface area contributed by atoms with E-state index in [0.29, 0.717) is 18.9 Å². The van der Waals surface area contributed by atoms with Gasteiger partial charge in [-0.15, -0.1) is 0 Å². The van der Waals surface area contributed by atoms with Crippen LogP contribution in [0.15, 0.2) is 5.10 Å². The van der Waals surface area contributed by atoms with Crippen molar-refractivity contribution in [3.8, 4) is 0 Å². The zero-order chi connectivity index (χ0) is 11.0. The molecule has 0 radical (unpaired) electrons. The maximum absolute atomic E-state index is 5.30. The van der Waals surface area contributed by atoms with Crippen LogP contribution in [-0.2, 0) is 9.47 Å². The van der Waals surface area contributed by atoms with Crippen molar-refractivity contribution >= 4 is 23.0 Å². The smallest absolute Gasteiger partial charge is 0.198 e. The third-order valence-corrected chi connectivity index (χ3v) is 1.41. The minimum atomic E-state index is -0.438. The number of nitrogens with one attached hydrogen (secondary N) is 1. The first-order chi connectivity index (χ1) is 6.61. The van der Waals surface area contributed by atoms with Crippen molar-refractivity contribution in [2.24, 2.45) is 10.8 Å². The van der Waals surface area contributed by atoms with Gasteiger partial charge in [0.1, 0.15) is 0 Å². The van der Waals surface area contributed by atoms with Gasteiger partial charge >= 0.3 is 0 Å². The minimum absolute atomic E-state index is 0.121. The number of nitrogens with zero attached hydrogens (tertiary/aromatic N) is 1. The summed E-state index contributed by atoms with van der Waals surface area (Å²) in [5, 5.41) is 4.03. The molecule has 0 heterocycles. The second-order valence-corrected chi connectivity index (χ2v) is 2.91. The topological polar surface area (TPSA) is 68.9 Å². The van der Waals surface area contributed by atoms with E-state index in [0.717, 1.165) is 0 Å². The SMILES string of the molecule is CCOC(OCC)/C(C)=N/NC(N)=S. The van der Waals surface area contributed by atoms with Crippen molar-refractivity contribution in [2.75, 3.05) is 13.2 Å². The summed E-state index contributed by atoms with van der Waals surface area (Å²) in [6.07, 6.45) is -0.438. The van der Waals surface area contributed by atoms with Crippen LogP contribution >= 0.6 is 12.2 Å². The molecule has 0 spiro atoms. The number of rotatable bonds is 6. The van der Waals surface area contributed by atoms with E-state index >= 15 is 0 Å². The Labute approximate surface area is 89.6 Å². The van der Waals surface area contributed by atoms with Gasteiger partial charge in [-0.2, -0.15) is 5.10 Å². The van der Waals surface area contributed by atoms with E-state index in [1.54, 1.807) is 6.92 Å². The number of thiocarbonyl (C=S) groups is 1. The number of hydrogen-bond donors (Lipinski definition) is 2. The number of hydrogen-bond acceptors (Lipinski definition) is 4. The first-order valence-corrected chi connectivity index (χ1v) is 4.85. The Morgan fingerprint density at radius 1 is 1.43 bits per heavy atom. The molecule has 0 fully saturated rings. The minimum Gasteiger partial charge on any atom is -0.375 e. The normalized spacial score (nSPS) is 11.9. The molecule has 0 aliphatic rings. The molecule has 0 rings (SSSR count). The molecule has 0 atom stereocenters. The van der Waals surface area contributed by atoms with E-state index in [-0.39, 0.29) is 5.11 Å². The lowest BCUT2D eigenvalue weighted by Crippen LogP contribution is -2.31. The van der Waals surface area contributed by atoms with Crippen LogP contribution in [0.2, 0.25) is 0 Å². The first-order valence-electron chi connectivity index (χ1n) is 4.44. The summed E-state index contributed by atoms with van der Waals surface area (Å²) in [5.41, 5.74) is 8.35. The molecule has 0 aromatic heterocycles. The zero-order valence-electron chi connectivity index (χ0n) is 8.74. The van der Waals surface area contributed by atoms with Gasteiger partial charge in [0.2, 0.25) is 0 Å². The van der Waals surface area contributed by atoms with Crippen molar-refractivity contribution < 1.29 is 9.47 Å². The highest BCUT2D eigenvalue weighted by atomic mass is 32.1. The lowest BCUT2D eigenvalue weighted by Gasteiger charge is -2.16. The second kappa shape index (κ2) is 7.66. The molecular formula is C8H17N3O2S. The second-order valence-electron chi connectivity index (χ2n) is 2.47. The molecule has 0 aliphatic heterocycles. The molecule has 0 aliphatic carbocycles. The Hall–Kier alpha value is -0.720. The van der Waals surface area contributed by atoms with Crippen LogP contribution in [0.4, 0.5) is 0 Å². The van der Waals surface area contributed by atoms with Gasteiger partial charge in [0.15, 0.2) is 11.4 Å². The summed E-state index contributed by atoms with van der Waals surface area (Å²) >= 11 is 4.61. The summed E-state index contributed by atoms with van der Waals surface area (Å²) in [4.78, 5) is 0. The third kappa shape index (κ3) is 5.85. The largest absolute Gasteiger partial charge is 0.375 e. The molecule has 0 saturated heterocycles. The lowest BCUT2D eigenvalue weighted by molar-refractivity contribution is -0.0904. The first kappa shape index (κ1) is 13.3. The standard InChI is InChI=1S/C8H17N3O2S/c1-4-12-7(13-5-2)6(3)10-11-8(9)14/h7H,4-5H2,1-3H3,(H3,9,11,14)/b10-6+. The monoisotopic (exact) mass is 219 g/mol. The van der Waals surface area contributed by atoms with E-state index in [4.69, 9.17) is 15.2 Å². The van der Waals surface area contributed by atoms with Crippen LogP contribution in [0, 0.1) is 0 Å². The van der Waals surface area contributed by atoms with Gasteiger partial charge in [0.25, 0.3) is 0 Å². The van der Waals surface area contributed by atoms with E-state index in [1.165, 1.54) is 0 Å². The van der Waals surface area contributed by atoms with Crippen LogP contribution in [0.25, 0.3) is 0 Å². The Bertz CT molecular complexity index is 203. The Kier molecular flexibility index (Phi) is 7.27. The third-order valence-electron chi connectivity index (χ3n) is 1.32. The van der Waals surface area contributed by atoms with E-state index < -0.39 is 6.29 Å². The maximum Gasteiger partial charge on any atom is 0.198 e. The van der Waals surface area contributed by atoms with Crippen LogP contribution in [0.3, 0.4) is 0 Å². The Balaban J connectivity index is 4.17. The molecule has 0 bridgehead atoms. The molecule has 0 unspecified atom stereocenters. The average Bonchev–Trinajstić information content (AvgIpc) is 2.14. The summed E-state index contributed by atoms with van der Waals surface area (Å²) in [6.45, 7) is 6.68. The summed E-state index contributed by atoms with van der Waals surface area (Å²) in [5.74, 6) is 0. The predicted octanol–water partition coefficient (Wildman–Crippen LogP) is 0.595. The number of hydrazone groups is 1. The van der Waals surface area contributed by atoms with Crippen molar-refractivity contribution in [1.82, 2.24) is 5.43 Å².